The van der Waals surface area contributed by atoms with Crippen LogP contribution in [0.1, 0.15) is 43.4 Å². The second kappa shape index (κ2) is 8.67. The first kappa shape index (κ1) is 18.9. The molecule has 2 aromatic rings. The van der Waals surface area contributed by atoms with Gasteiger partial charge in [-0.2, -0.15) is 0 Å². The van der Waals surface area contributed by atoms with Gasteiger partial charge in [0, 0.05) is 30.4 Å². The second-order valence-corrected chi connectivity index (χ2v) is 6.72. The fraction of sp³-hybridized carbons (Fsp3) is 0.304. The lowest BCUT2D eigenvalue weighted by Gasteiger charge is -2.15. The fourth-order valence-corrected chi connectivity index (χ4v) is 3.43. The molecule has 0 radical (unpaired) electrons. The first-order chi connectivity index (χ1) is 13.1. The predicted molar refractivity (Wildman–Crippen MR) is 111 cm³/mol. The summed E-state index contributed by atoms with van der Waals surface area (Å²) < 4.78 is 0. The van der Waals surface area contributed by atoms with Gasteiger partial charge in [0.25, 0.3) is 0 Å². The van der Waals surface area contributed by atoms with Crippen LogP contribution in [-0.4, -0.2) is 18.4 Å². The van der Waals surface area contributed by atoms with Crippen molar-refractivity contribution in [3.05, 3.63) is 65.2 Å². The number of carbonyl (C=O) groups excluding carboxylic acids is 2. The van der Waals surface area contributed by atoms with Crippen LogP contribution in [0.25, 0.3) is 6.08 Å². The van der Waals surface area contributed by atoms with E-state index in [1.54, 1.807) is 12.2 Å². The van der Waals surface area contributed by atoms with Crippen LogP contribution >= 0.6 is 0 Å². The Hall–Kier alpha value is -2.88. The zero-order chi connectivity index (χ0) is 19.2. The quantitative estimate of drug-likeness (QED) is 0.764. The number of hydrogen-bond donors (Lipinski definition) is 1. The van der Waals surface area contributed by atoms with Gasteiger partial charge in [0.2, 0.25) is 11.8 Å². The van der Waals surface area contributed by atoms with Gasteiger partial charge in [0.05, 0.1) is 0 Å². The average molecular weight is 362 g/mol. The van der Waals surface area contributed by atoms with E-state index in [1.807, 2.05) is 35.2 Å². The third-order valence-electron chi connectivity index (χ3n) is 4.95. The Kier molecular flexibility index (Phi) is 6.07. The van der Waals surface area contributed by atoms with Crippen molar-refractivity contribution in [1.29, 1.82) is 0 Å². The van der Waals surface area contributed by atoms with Gasteiger partial charge in [-0.15, -0.1) is 0 Å². The minimum Gasteiger partial charge on any atom is -0.322 e. The normalized spacial score (nSPS) is 14.1. The summed E-state index contributed by atoms with van der Waals surface area (Å²) in [5.41, 5.74) is 5.08. The van der Waals surface area contributed by atoms with E-state index in [-0.39, 0.29) is 11.8 Å². The maximum absolute atomic E-state index is 12.4. The lowest BCUT2D eigenvalue weighted by molar-refractivity contribution is -0.117. The lowest BCUT2D eigenvalue weighted by Crippen LogP contribution is -2.23. The SMILES string of the molecule is CCc1cccc(CC)c1NC(=O)C=Cc1ccc(N2CCCC2=O)cc1. The van der Waals surface area contributed by atoms with E-state index >= 15 is 0 Å². The topological polar surface area (TPSA) is 49.4 Å². The monoisotopic (exact) mass is 362 g/mol. The number of benzene rings is 2. The summed E-state index contributed by atoms with van der Waals surface area (Å²) in [7, 11) is 0. The first-order valence-electron chi connectivity index (χ1n) is 9.62. The van der Waals surface area contributed by atoms with Crippen LogP contribution in [0.3, 0.4) is 0 Å². The summed E-state index contributed by atoms with van der Waals surface area (Å²) in [4.78, 5) is 26.0. The van der Waals surface area contributed by atoms with Crippen LogP contribution in [0, 0.1) is 0 Å². The number of carbonyl (C=O) groups is 2. The van der Waals surface area contributed by atoms with E-state index in [1.165, 1.54) is 0 Å². The third-order valence-corrected chi connectivity index (χ3v) is 4.95. The maximum Gasteiger partial charge on any atom is 0.248 e. The van der Waals surface area contributed by atoms with Gasteiger partial charge in [0.15, 0.2) is 0 Å². The van der Waals surface area contributed by atoms with Gasteiger partial charge in [-0.05, 0) is 54.2 Å². The average Bonchev–Trinajstić information content (AvgIpc) is 3.13. The maximum atomic E-state index is 12.4. The summed E-state index contributed by atoms with van der Waals surface area (Å²) >= 11 is 0. The highest BCUT2D eigenvalue weighted by Gasteiger charge is 2.21. The molecule has 4 heteroatoms. The molecule has 1 fully saturated rings. The number of nitrogens with one attached hydrogen (secondary N) is 1. The van der Waals surface area contributed by atoms with Crippen molar-refractivity contribution < 1.29 is 9.59 Å². The Morgan fingerprint density at radius 1 is 1.07 bits per heavy atom. The molecule has 0 saturated carbocycles. The standard InChI is InChI=1S/C23H26N2O2/c1-3-18-7-5-8-19(4-2)23(18)24-21(26)15-12-17-10-13-20(14-11-17)25-16-6-9-22(25)27/h5,7-8,10-15H,3-4,6,9,16H2,1-2H3,(H,24,26). The van der Waals surface area contributed by atoms with Gasteiger partial charge in [-0.1, -0.05) is 44.2 Å². The highest BCUT2D eigenvalue weighted by molar-refractivity contribution is 6.03. The smallest absolute Gasteiger partial charge is 0.248 e. The number of aryl methyl sites for hydroxylation is 2. The van der Waals surface area contributed by atoms with Crippen LogP contribution in [0.2, 0.25) is 0 Å². The molecule has 2 aromatic carbocycles. The number of nitrogens with zero attached hydrogens (tertiary/aromatic N) is 1. The number of amides is 2. The fourth-order valence-electron chi connectivity index (χ4n) is 3.43. The molecular weight excluding hydrogens is 336 g/mol. The van der Waals surface area contributed by atoms with Crippen LogP contribution in [0.15, 0.2) is 48.5 Å². The summed E-state index contributed by atoms with van der Waals surface area (Å²) in [6, 6.07) is 13.9. The van der Waals surface area contributed by atoms with Gasteiger partial charge in [-0.25, -0.2) is 0 Å². The third kappa shape index (κ3) is 4.45. The molecule has 2 amide bonds. The molecule has 140 valence electrons. The van der Waals surface area contributed by atoms with E-state index < -0.39 is 0 Å². The van der Waals surface area contributed by atoms with Crippen LogP contribution in [0.5, 0.6) is 0 Å². The minimum absolute atomic E-state index is 0.135. The molecule has 1 aliphatic heterocycles. The Bertz CT molecular complexity index is 831. The molecule has 1 saturated heterocycles. The molecule has 4 nitrogen and oxygen atoms in total. The van der Waals surface area contributed by atoms with Crippen molar-refractivity contribution in [2.24, 2.45) is 0 Å². The molecule has 3 rings (SSSR count). The molecule has 0 unspecified atom stereocenters. The highest BCUT2D eigenvalue weighted by atomic mass is 16.2. The lowest BCUT2D eigenvalue weighted by atomic mass is 10.0. The van der Waals surface area contributed by atoms with Crippen molar-refractivity contribution in [2.45, 2.75) is 39.5 Å². The van der Waals surface area contributed by atoms with Gasteiger partial charge >= 0.3 is 0 Å². The second-order valence-electron chi connectivity index (χ2n) is 6.72. The van der Waals surface area contributed by atoms with E-state index in [0.29, 0.717) is 6.42 Å². The van der Waals surface area contributed by atoms with E-state index in [2.05, 4.69) is 31.3 Å². The number of hydrogen-bond acceptors (Lipinski definition) is 2. The van der Waals surface area contributed by atoms with Gasteiger partial charge < -0.3 is 10.2 Å². The zero-order valence-corrected chi connectivity index (χ0v) is 16.0. The minimum atomic E-state index is -0.135. The van der Waals surface area contributed by atoms with Crippen molar-refractivity contribution >= 4 is 29.3 Å². The number of para-hydroxylation sites is 1. The Balaban J connectivity index is 1.68. The van der Waals surface area contributed by atoms with E-state index in [4.69, 9.17) is 0 Å². The summed E-state index contributed by atoms with van der Waals surface area (Å²) in [6.07, 6.45) is 6.65. The van der Waals surface area contributed by atoms with Crippen LogP contribution in [-0.2, 0) is 22.4 Å². The molecule has 0 spiro atoms. The molecule has 1 aliphatic rings. The molecule has 27 heavy (non-hydrogen) atoms. The van der Waals surface area contributed by atoms with Gasteiger partial charge in [0.1, 0.15) is 0 Å². The predicted octanol–water partition coefficient (Wildman–Crippen LogP) is 4.59. The first-order valence-corrected chi connectivity index (χ1v) is 9.62. The highest BCUT2D eigenvalue weighted by Crippen LogP contribution is 2.23. The molecule has 0 aromatic heterocycles. The summed E-state index contributed by atoms with van der Waals surface area (Å²) in [6.45, 7) is 4.97. The van der Waals surface area contributed by atoms with Gasteiger partial charge in [-0.3, -0.25) is 9.59 Å². The van der Waals surface area contributed by atoms with E-state index in [9.17, 15) is 9.59 Å². The molecule has 0 bridgehead atoms. The zero-order valence-electron chi connectivity index (χ0n) is 16.0. The summed E-state index contributed by atoms with van der Waals surface area (Å²) in [5.74, 6) is 0.0448. The van der Waals surface area contributed by atoms with Crippen LogP contribution < -0.4 is 10.2 Å². The Morgan fingerprint density at radius 2 is 1.74 bits per heavy atom. The molecule has 1 N–H and O–H groups in total. The van der Waals surface area contributed by atoms with Crippen molar-refractivity contribution in [1.82, 2.24) is 0 Å². The summed E-state index contributed by atoms with van der Waals surface area (Å²) in [5, 5.41) is 3.03. The molecular formula is C23H26N2O2. The van der Waals surface area contributed by atoms with Crippen molar-refractivity contribution in [3.63, 3.8) is 0 Å². The molecule has 1 heterocycles. The van der Waals surface area contributed by atoms with Crippen LogP contribution in [0.4, 0.5) is 11.4 Å². The number of anilines is 2. The Labute approximate surface area is 160 Å². The molecule has 0 aliphatic carbocycles. The molecule has 0 atom stereocenters. The largest absolute Gasteiger partial charge is 0.322 e. The Morgan fingerprint density at radius 3 is 2.30 bits per heavy atom. The van der Waals surface area contributed by atoms with Crippen molar-refractivity contribution in [2.75, 3.05) is 16.8 Å². The number of rotatable bonds is 6. The van der Waals surface area contributed by atoms with E-state index in [0.717, 1.165) is 53.9 Å². The van der Waals surface area contributed by atoms with Crippen molar-refractivity contribution in [3.8, 4) is 0 Å².